The molecule has 3 aromatic carbocycles. The Hall–Kier alpha value is -4.05. The van der Waals surface area contributed by atoms with Crippen LogP contribution in [0.2, 0.25) is 0 Å². The molecule has 0 saturated carbocycles. The van der Waals surface area contributed by atoms with Gasteiger partial charge in [0.15, 0.2) is 5.82 Å². The summed E-state index contributed by atoms with van der Waals surface area (Å²) in [5, 5.41) is 17.1. The number of nitrogens with zero attached hydrogens (tertiary/aromatic N) is 4. The molecule has 0 aliphatic carbocycles. The Kier molecular flexibility index (Phi) is 7.36. The summed E-state index contributed by atoms with van der Waals surface area (Å²) < 4.78 is 136. The highest BCUT2D eigenvalue weighted by atomic mass is 32.2. The van der Waals surface area contributed by atoms with E-state index in [0.717, 1.165) is 23.0 Å². The van der Waals surface area contributed by atoms with Crippen LogP contribution in [-0.2, 0) is 22.2 Å². The van der Waals surface area contributed by atoms with Crippen molar-refractivity contribution in [2.24, 2.45) is 0 Å². The molecule has 40 heavy (non-hydrogen) atoms. The van der Waals surface area contributed by atoms with Gasteiger partial charge in [-0.05, 0) is 36.4 Å². The monoisotopic (exact) mass is 592 g/mol. The van der Waals surface area contributed by atoms with Gasteiger partial charge in [0.2, 0.25) is 0 Å². The molecule has 0 spiro atoms. The molecule has 1 aromatic heterocycles. The maximum Gasteiger partial charge on any atom is 0.430 e. The zero-order valence-corrected chi connectivity index (χ0v) is 20.5. The van der Waals surface area contributed by atoms with Crippen molar-refractivity contribution in [3.63, 3.8) is 0 Å². The van der Waals surface area contributed by atoms with Crippen LogP contribution in [0.1, 0.15) is 11.3 Å². The third-order valence-electron chi connectivity index (χ3n) is 5.73. The minimum absolute atomic E-state index is 0.116. The number of halogens is 8. The normalized spacial score (nSPS) is 12.9. The van der Waals surface area contributed by atoms with E-state index in [2.05, 4.69) is 10.3 Å². The molecule has 0 unspecified atom stereocenters. The summed E-state index contributed by atoms with van der Waals surface area (Å²) >= 11 is 0. The van der Waals surface area contributed by atoms with Gasteiger partial charge in [-0.15, -0.1) is 5.10 Å². The molecule has 0 radical (unpaired) electrons. The topological polar surface area (TPSA) is 88.3 Å². The average molecular weight is 592 g/mol. The molecule has 4 rings (SSSR count). The fourth-order valence-electron chi connectivity index (χ4n) is 3.69. The minimum atomic E-state index is -6.14. The zero-order chi connectivity index (χ0) is 29.5. The Labute approximate surface area is 220 Å². The van der Waals surface area contributed by atoms with Gasteiger partial charge in [0.1, 0.15) is 17.2 Å². The van der Waals surface area contributed by atoms with Crippen LogP contribution in [-0.4, -0.2) is 40.9 Å². The van der Waals surface area contributed by atoms with Crippen LogP contribution in [0.4, 0.5) is 40.8 Å². The van der Waals surface area contributed by atoms with Gasteiger partial charge in [-0.1, -0.05) is 35.5 Å². The van der Waals surface area contributed by atoms with Crippen molar-refractivity contribution < 1.29 is 48.6 Å². The Bertz CT molecular complexity index is 1590. The highest BCUT2D eigenvalue weighted by Crippen LogP contribution is 2.50. The van der Waals surface area contributed by atoms with E-state index in [9.17, 15) is 48.6 Å². The highest BCUT2D eigenvalue weighted by Gasteiger charge is 2.71. The minimum Gasteiger partial charge on any atom is -0.369 e. The van der Waals surface area contributed by atoms with Crippen LogP contribution >= 0.6 is 0 Å². The van der Waals surface area contributed by atoms with E-state index in [1.807, 2.05) is 0 Å². The zero-order valence-electron chi connectivity index (χ0n) is 19.7. The van der Waals surface area contributed by atoms with Gasteiger partial charge in [0.25, 0.3) is 15.6 Å². The molecule has 0 aliphatic rings. The largest absolute Gasteiger partial charge is 0.430 e. The predicted molar refractivity (Wildman–Crippen MR) is 124 cm³/mol. The van der Waals surface area contributed by atoms with E-state index >= 15 is 0 Å². The third kappa shape index (κ3) is 5.23. The summed E-state index contributed by atoms with van der Waals surface area (Å²) in [6.07, 6.45) is -11.2. The molecule has 1 N–H and O–H groups in total. The van der Waals surface area contributed by atoms with Crippen LogP contribution in [0.15, 0.2) is 83.9 Å². The second-order valence-corrected chi connectivity index (χ2v) is 10.2. The van der Waals surface area contributed by atoms with Gasteiger partial charge in [0, 0.05) is 11.6 Å². The van der Waals surface area contributed by atoms with Crippen LogP contribution in [0.3, 0.4) is 0 Å². The lowest BCUT2D eigenvalue weighted by Crippen LogP contribution is -2.53. The first kappa shape index (κ1) is 28.9. The van der Waals surface area contributed by atoms with Crippen LogP contribution in [0, 0.1) is 11.6 Å². The smallest absolute Gasteiger partial charge is 0.369 e. The Morgan fingerprint density at radius 2 is 1.45 bits per heavy atom. The van der Waals surface area contributed by atoms with E-state index in [1.54, 1.807) is 0 Å². The molecule has 0 atom stereocenters. The van der Waals surface area contributed by atoms with Gasteiger partial charge in [-0.25, -0.2) is 21.9 Å². The lowest BCUT2D eigenvalue weighted by atomic mass is 9.92. The van der Waals surface area contributed by atoms with Crippen molar-refractivity contribution in [2.75, 3.05) is 4.31 Å². The quantitative estimate of drug-likeness (QED) is 0.296. The third-order valence-corrected chi connectivity index (χ3v) is 7.52. The molecule has 212 valence electrons. The van der Waals surface area contributed by atoms with Crippen LogP contribution in [0.25, 0.3) is 5.69 Å². The fourth-order valence-corrected chi connectivity index (χ4v) is 5.15. The number of anilines is 1. The predicted octanol–water partition coefficient (Wildman–Crippen LogP) is 5.25. The maximum absolute atomic E-state index is 14.2. The van der Waals surface area contributed by atoms with Crippen molar-refractivity contribution in [2.45, 2.75) is 29.4 Å². The molecule has 0 amide bonds. The molecule has 0 fully saturated rings. The van der Waals surface area contributed by atoms with E-state index in [1.165, 1.54) is 30.3 Å². The Morgan fingerprint density at radius 3 is 2.00 bits per heavy atom. The number of alkyl halides is 6. The van der Waals surface area contributed by atoms with Crippen molar-refractivity contribution in [3.05, 3.63) is 102 Å². The van der Waals surface area contributed by atoms with Gasteiger partial charge in [0.05, 0.1) is 23.3 Å². The summed E-state index contributed by atoms with van der Waals surface area (Å²) in [5.74, 6) is -1.88. The standard InChI is InChI=1S/C24H16F8N4O3S/c25-16-8-11-21(20(26)12-16)35-13-17(33-34-35)14-36(40(38,39)19-4-2-1-3-5-19)18-9-6-15(7-10-18)22(37,23(27,28)29)24(30,31)32/h1-13,37H,14H2. The number of rotatable bonds is 7. The summed E-state index contributed by atoms with van der Waals surface area (Å²) in [7, 11) is -4.50. The molecule has 4 aromatic rings. The van der Waals surface area contributed by atoms with E-state index in [0.29, 0.717) is 34.6 Å². The van der Waals surface area contributed by atoms with Crippen LogP contribution in [0.5, 0.6) is 0 Å². The molecule has 0 aliphatic heterocycles. The summed E-state index contributed by atoms with van der Waals surface area (Å²) in [5.41, 5.74) is -7.55. The highest BCUT2D eigenvalue weighted by molar-refractivity contribution is 7.92. The number of benzene rings is 3. The fraction of sp³-hybridized carbons (Fsp3) is 0.167. The number of aliphatic hydroxyl groups is 1. The van der Waals surface area contributed by atoms with Gasteiger partial charge in [-0.2, -0.15) is 26.3 Å². The van der Waals surface area contributed by atoms with E-state index < -0.39 is 51.7 Å². The average Bonchev–Trinajstić information content (AvgIpc) is 3.34. The molecule has 0 saturated heterocycles. The van der Waals surface area contributed by atoms with Crippen LogP contribution < -0.4 is 4.31 Å². The van der Waals surface area contributed by atoms with Gasteiger partial charge in [-0.3, -0.25) is 4.31 Å². The molecule has 0 bridgehead atoms. The second kappa shape index (κ2) is 10.2. The summed E-state index contributed by atoms with van der Waals surface area (Å²) in [4.78, 5) is -0.280. The summed E-state index contributed by atoms with van der Waals surface area (Å²) in [6, 6.07) is 11.2. The Balaban J connectivity index is 1.77. The summed E-state index contributed by atoms with van der Waals surface area (Å²) in [6.45, 7) is -0.651. The van der Waals surface area contributed by atoms with Gasteiger partial charge < -0.3 is 5.11 Å². The lowest BCUT2D eigenvalue weighted by Gasteiger charge is -2.33. The first-order valence-electron chi connectivity index (χ1n) is 11.0. The second-order valence-electron chi connectivity index (χ2n) is 8.33. The Morgan fingerprint density at radius 1 is 0.850 bits per heavy atom. The van der Waals surface area contributed by atoms with E-state index in [4.69, 9.17) is 0 Å². The maximum atomic E-state index is 14.2. The molecular formula is C24H16F8N4O3S. The van der Waals surface area contributed by atoms with Crippen molar-refractivity contribution in [3.8, 4) is 5.69 Å². The number of hydrogen-bond acceptors (Lipinski definition) is 5. The van der Waals surface area contributed by atoms with E-state index in [-0.39, 0.29) is 22.0 Å². The SMILES string of the molecule is O=S(=O)(c1ccccc1)N(Cc1cn(-c2ccc(F)cc2F)nn1)c1ccc(C(O)(C(F)(F)F)C(F)(F)F)cc1. The number of sulfonamides is 1. The number of aromatic nitrogens is 3. The molecule has 1 heterocycles. The molecule has 16 heteroatoms. The van der Waals surface area contributed by atoms with Crippen molar-refractivity contribution >= 4 is 15.7 Å². The lowest BCUT2D eigenvalue weighted by molar-refractivity contribution is -0.376. The molecule has 7 nitrogen and oxygen atoms in total. The first-order valence-corrected chi connectivity index (χ1v) is 12.4. The van der Waals surface area contributed by atoms with Crippen molar-refractivity contribution in [1.82, 2.24) is 15.0 Å². The van der Waals surface area contributed by atoms with Gasteiger partial charge >= 0.3 is 12.4 Å². The number of hydrogen-bond donors (Lipinski definition) is 1. The molecular weight excluding hydrogens is 576 g/mol. The van der Waals surface area contributed by atoms with Crippen molar-refractivity contribution in [1.29, 1.82) is 0 Å². The first-order chi connectivity index (χ1) is 18.6.